The van der Waals surface area contributed by atoms with Crippen LogP contribution in [0.4, 0.5) is 0 Å². The average molecular weight is 364 g/mol. The number of carbonyl (C=O) groups excluding carboxylic acids is 2. The number of rotatable bonds is 2. The van der Waals surface area contributed by atoms with E-state index in [0.717, 1.165) is 6.42 Å². The number of amides is 2. The van der Waals surface area contributed by atoms with Gasteiger partial charge in [0.25, 0.3) is 5.91 Å². The van der Waals surface area contributed by atoms with Gasteiger partial charge in [-0.1, -0.05) is 18.2 Å². The van der Waals surface area contributed by atoms with Gasteiger partial charge in [0.2, 0.25) is 5.91 Å². The summed E-state index contributed by atoms with van der Waals surface area (Å²) in [5, 5.41) is -0.420. The van der Waals surface area contributed by atoms with E-state index in [9.17, 15) is 18.0 Å². The molecular weight excluding hydrogens is 340 g/mol. The van der Waals surface area contributed by atoms with E-state index in [1.807, 2.05) is 6.07 Å². The van der Waals surface area contributed by atoms with Crippen LogP contribution in [0.25, 0.3) is 0 Å². The first-order valence-corrected chi connectivity index (χ1v) is 10.5. The standard InChI is InChI=1S/C18H24N2O4S/c1-14-9-11-19(12-13-25(14,23)24)18(22)16-8-5-10-20(16)17(21)15-6-3-2-4-7-15/h2-4,6-7,14,16H,5,8-13H2,1H3. The summed E-state index contributed by atoms with van der Waals surface area (Å²) in [4.78, 5) is 28.9. The van der Waals surface area contributed by atoms with Crippen molar-refractivity contribution in [3.63, 3.8) is 0 Å². The van der Waals surface area contributed by atoms with Crippen LogP contribution in [0.2, 0.25) is 0 Å². The van der Waals surface area contributed by atoms with Crippen molar-refractivity contribution < 1.29 is 18.0 Å². The molecule has 2 aliphatic rings. The first-order valence-electron chi connectivity index (χ1n) is 8.76. The van der Waals surface area contributed by atoms with Crippen molar-refractivity contribution in [3.05, 3.63) is 35.9 Å². The van der Waals surface area contributed by atoms with Gasteiger partial charge in [-0.2, -0.15) is 0 Å². The third-order valence-electron chi connectivity index (χ3n) is 5.20. The Labute approximate surface area is 148 Å². The molecule has 2 unspecified atom stereocenters. The predicted molar refractivity (Wildman–Crippen MR) is 94.9 cm³/mol. The minimum atomic E-state index is -3.14. The van der Waals surface area contributed by atoms with Crippen LogP contribution in [0.1, 0.15) is 36.5 Å². The lowest BCUT2D eigenvalue weighted by Crippen LogP contribution is -2.48. The lowest BCUT2D eigenvalue weighted by molar-refractivity contribution is -0.135. The zero-order valence-electron chi connectivity index (χ0n) is 14.4. The predicted octanol–water partition coefficient (Wildman–Crippen LogP) is 1.33. The Morgan fingerprint density at radius 2 is 1.76 bits per heavy atom. The van der Waals surface area contributed by atoms with Gasteiger partial charge in [-0.15, -0.1) is 0 Å². The van der Waals surface area contributed by atoms with E-state index >= 15 is 0 Å². The number of hydrogen-bond acceptors (Lipinski definition) is 4. The zero-order chi connectivity index (χ0) is 18.0. The molecule has 0 aromatic heterocycles. The SMILES string of the molecule is CC1CCN(C(=O)C2CCCN2C(=O)c2ccccc2)CCS1(=O)=O. The molecule has 0 spiro atoms. The lowest BCUT2D eigenvalue weighted by atomic mass is 10.1. The summed E-state index contributed by atoms with van der Waals surface area (Å²) in [5.74, 6) is -0.252. The van der Waals surface area contributed by atoms with Crippen LogP contribution >= 0.6 is 0 Å². The van der Waals surface area contributed by atoms with Crippen LogP contribution in [0, 0.1) is 0 Å². The van der Waals surface area contributed by atoms with Crippen molar-refractivity contribution >= 4 is 21.7 Å². The van der Waals surface area contributed by atoms with Crippen molar-refractivity contribution in [2.24, 2.45) is 0 Å². The third kappa shape index (κ3) is 3.71. The highest BCUT2D eigenvalue weighted by atomic mass is 32.2. The van der Waals surface area contributed by atoms with Gasteiger partial charge < -0.3 is 9.80 Å². The van der Waals surface area contributed by atoms with E-state index in [-0.39, 0.29) is 24.1 Å². The van der Waals surface area contributed by atoms with Gasteiger partial charge in [0.05, 0.1) is 11.0 Å². The summed E-state index contributed by atoms with van der Waals surface area (Å²) in [6.07, 6.45) is 1.88. The second kappa shape index (κ2) is 7.15. The fraction of sp³-hybridized carbons (Fsp3) is 0.556. The van der Waals surface area contributed by atoms with E-state index in [1.165, 1.54) is 0 Å². The van der Waals surface area contributed by atoms with Crippen LogP contribution in [0.5, 0.6) is 0 Å². The highest BCUT2D eigenvalue weighted by molar-refractivity contribution is 7.92. The fourth-order valence-electron chi connectivity index (χ4n) is 3.51. The molecule has 6 nitrogen and oxygen atoms in total. The number of benzene rings is 1. The first-order chi connectivity index (χ1) is 11.9. The number of likely N-dealkylation sites (tertiary alicyclic amines) is 1. The molecule has 25 heavy (non-hydrogen) atoms. The Balaban J connectivity index is 1.74. The second-order valence-electron chi connectivity index (χ2n) is 6.81. The van der Waals surface area contributed by atoms with Gasteiger partial charge in [0, 0.05) is 25.2 Å². The molecule has 3 rings (SSSR count). The van der Waals surface area contributed by atoms with Gasteiger partial charge in [0.15, 0.2) is 9.84 Å². The summed E-state index contributed by atoms with van der Waals surface area (Å²) in [5.41, 5.74) is 0.578. The van der Waals surface area contributed by atoms with Crippen molar-refractivity contribution in [3.8, 4) is 0 Å². The minimum Gasteiger partial charge on any atom is -0.340 e. The Kier molecular flexibility index (Phi) is 5.13. The Morgan fingerprint density at radius 1 is 1.04 bits per heavy atom. The van der Waals surface area contributed by atoms with Crippen LogP contribution in [0.3, 0.4) is 0 Å². The number of carbonyl (C=O) groups is 2. The van der Waals surface area contributed by atoms with Crippen LogP contribution < -0.4 is 0 Å². The van der Waals surface area contributed by atoms with E-state index in [4.69, 9.17) is 0 Å². The Hall–Kier alpha value is -1.89. The maximum Gasteiger partial charge on any atom is 0.254 e. The highest BCUT2D eigenvalue weighted by Gasteiger charge is 2.38. The van der Waals surface area contributed by atoms with Gasteiger partial charge in [0.1, 0.15) is 6.04 Å². The molecule has 0 radical (unpaired) electrons. The maximum absolute atomic E-state index is 13.0. The topological polar surface area (TPSA) is 74.8 Å². The monoisotopic (exact) mass is 364 g/mol. The van der Waals surface area contributed by atoms with E-state index in [2.05, 4.69) is 0 Å². The first kappa shape index (κ1) is 17.9. The molecule has 0 bridgehead atoms. The quantitative estimate of drug-likeness (QED) is 0.793. The van der Waals surface area contributed by atoms with Crippen molar-refractivity contribution in [2.45, 2.75) is 37.5 Å². The highest BCUT2D eigenvalue weighted by Crippen LogP contribution is 2.23. The van der Waals surface area contributed by atoms with Gasteiger partial charge in [-0.25, -0.2) is 8.42 Å². The summed E-state index contributed by atoms with van der Waals surface area (Å²) in [7, 11) is -3.14. The average Bonchev–Trinajstić information content (AvgIpc) is 3.05. The van der Waals surface area contributed by atoms with Crippen molar-refractivity contribution in [1.29, 1.82) is 0 Å². The summed E-state index contributed by atoms with van der Waals surface area (Å²) >= 11 is 0. The molecule has 2 heterocycles. The smallest absolute Gasteiger partial charge is 0.254 e. The van der Waals surface area contributed by atoms with E-state index < -0.39 is 21.1 Å². The molecule has 7 heteroatoms. The summed E-state index contributed by atoms with van der Waals surface area (Å²) < 4.78 is 24.1. The van der Waals surface area contributed by atoms with Gasteiger partial charge >= 0.3 is 0 Å². The van der Waals surface area contributed by atoms with Crippen LogP contribution in [0.15, 0.2) is 30.3 Å². The fourth-order valence-corrected chi connectivity index (χ4v) is 4.85. The van der Waals surface area contributed by atoms with E-state index in [0.29, 0.717) is 31.5 Å². The molecule has 2 fully saturated rings. The molecule has 0 saturated carbocycles. The van der Waals surface area contributed by atoms with Crippen LogP contribution in [-0.4, -0.2) is 66.7 Å². The Morgan fingerprint density at radius 3 is 2.48 bits per heavy atom. The lowest BCUT2D eigenvalue weighted by Gasteiger charge is -2.29. The molecule has 0 N–H and O–H groups in total. The molecule has 1 aromatic carbocycles. The molecular formula is C18H24N2O4S. The zero-order valence-corrected chi connectivity index (χ0v) is 15.2. The normalized spacial score (nSPS) is 26.3. The van der Waals surface area contributed by atoms with Crippen LogP contribution in [-0.2, 0) is 14.6 Å². The van der Waals surface area contributed by atoms with Crippen molar-refractivity contribution in [2.75, 3.05) is 25.4 Å². The van der Waals surface area contributed by atoms with Gasteiger partial charge in [-0.3, -0.25) is 9.59 Å². The molecule has 2 aliphatic heterocycles. The maximum atomic E-state index is 13.0. The molecule has 2 amide bonds. The largest absolute Gasteiger partial charge is 0.340 e. The number of sulfone groups is 1. The number of hydrogen-bond donors (Lipinski definition) is 0. The number of nitrogens with zero attached hydrogens (tertiary/aromatic N) is 2. The third-order valence-corrected chi connectivity index (χ3v) is 7.41. The Bertz CT molecular complexity index is 748. The van der Waals surface area contributed by atoms with Gasteiger partial charge in [-0.05, 0) is 38.3 Å². The molecule has 0 aliphatic carbocycles. The summed E-state index contributed by atoms with van der Waals surface area (Å²) in [6.45, 7) is 2.91. The van der Waals surface area contributed by atoms with Crippen molar-refractivity contribution in [1.82, 2.24) is 9.80 Å². The minimum absolute atomic E-state index is 0.000736. The molecule has 136 valence electrons. The second-order valence-corrected chi connectivity index (χ2v) is 9.35. The molecule has 1 aromatic rings. The molecule has 2 saturated heterocycles. The summed E-state index contributed by atoms with van der Waals surface area (Å²) in [6, 6.07) is 8.49. The van der Waals surface area contributed by atoms with E-state index in [1.54, 1.807) is 41.0 Å². The molecule has 2 atom stereocenters.